The molecule has 0 aromatic heterocycles. The lowest BCUT2D eigenvalue weighted by Gasteiger charge is -2.49. The molecule has 2 rings (SSSR count). The van der Waals surface area contributed by atoms with Crippen LogP contribution in [0.2, 0.25) is 0 Å². The van der Waals surface area contributed by atoms with Crippen molar-refractivity contribution >= 4 is 35.7 Å². The second-order valence-corrected chi connectivity index (χ2v) is 8.24. The number of rotatable bonds is 5. The highest BCUT2D eigenvalue weighted by Crippen LogP contribution is 2.40. The molecule has 0 aromatic carbocycles. The maximum atomic E-state index is 12.7. The molecule has 0 spiro atoms. The van der Waals surface area contributed by atoms with Crippen molar-refractivity contribution in [2.75, 3.05) is 19.0 Å². The van der Waals surface area contributed by atoms with Crippen LogP contribution < -0.4 is 5.32 Å². The number of hydrogen-bond donors (Lipinski definition) is 2. The Morgan fingerprint density at radius 2 is 2.00 bits per heavy atom. The summed E-state index contributed by atoms with van der Waals surface area (Å²) in [5.74, 6) is 0.548. The number of nitrogens with one attached hydrogen (secondary N) is 1. The summed E-state index contributed by atoms with van der Waals surface area (Å²) < 4.78 is 15.1. The van der Waals surface area contributed by atoms with Gasteiger partial charge in [-0.15, -0.1) is 11.8 Å². The van der Waals surface area contributed by atoms with Crippen molar-refractivity contribution in [2.24, 2.45) is 0 Å². The summed E-state index contributed by atoms with van der Waals surface area (Å²) in [7, 11) is 0. The first-order chi connectivity index (χ1) is 13.5. The molecule has 0 bridgehead atoms. The van der Waals surface area contributed by atoms with Crippen molar-refractivity contribution < 1.29 is 38.5 Å². The number of carbonyl (C=O) groups is 4. The van der Waals surface area contributed by atoms with E-state index in [1.807, 2.05) is 0 Å². The fraction of sp³-hybridized carbons (Fsp3) is 0.556. The molecule has 2 aliphatic heterocycles. The Labute approximate surface area is 171 Å². The first-order valence-corrected chi connectivity index (χ1v) is 9.68. The topological polar surface area (TPSA) is 131 Å². The lowest BCUT2D eigenvalue weighted by molar-refractivity contribution is -0.151. The van der Waals surface area contributed by atoms with Crippen molar-refractivity contribution in [3.05, 3.63) is 11.3 Å². The van der Waals surface area contributed by atoms with Crippen LogP contribution in [0.15, 0.2) is 11.3 Å². The van der Waals surface area contributed by atoms with E-state index < -0.39 is 41.0 Å². The summed E-state index contributed by atoms with van der Waals surface area (Å²) in [4.78, 5) is 49.5. The van der Waals surface area contributed by atoms with Gasteiger partial charge in [-0.3, -0.25) is 14.5 Å². The fourth-order valence-corrected chi connectivity index (χ4v) is 3.94. The molecular formula is C18H22N2O8S. The van der Waals surface area contributed by atoms with Crippen molar-refractivity contribution in [2.45, 2.75) is 44.7 Å². The van der Waals surface area contributed by atoms with E-state index in [1.54, 1.807) is 26.9 Å². The van der Waals surface area contributed by atoms with Crippen LogP contribution in [0.4, 0.5) is 4.79 Å². The molecule has 2 heterocycles. The molecule has 0 aromatic rings. The van der Waals surface area contributed by atoms with Crippen LogP contribution in [0.5, 0.6) is 0 Å². The predicted molar refractivity (Wildman–Crippen MR) is 101 cm³/mol. The molecule has 2 amide bonds. The lowest BCUT2D eigenvalue weighted by Crippen LogP contribution is -2.70. The third-order valence-corrected chi connectivity index (χ3v) is 5.06. The van der Waals surface area contributed by atoms with Gasteiger partial charge >= 0.3 is 18.0 Å². The zero-order valence-corrected chi connectivity index (χ0v) is 17.3. The number of esters is 2. The number of fused-ring (bicyclic) bond motifs is 1. The largest absolute Gasteiger partial charge is 0.462 e. The van der Waals surface area contributed by atoms with E-state index >= 15 is 0 Å². The summed E-state index contributed by atoms with van der Waals surface area (Å²) in [6, 6.07) is -0.870. The van der Waals surface area contributed by atoms with Gasteiger partial charge in [-0.05, 0) is 26.7 Å². The summed E-state index contributed by atoms with van der Waals surface area (Å²) in [5.41, 5.74) is -0.384. The SMILES string of the molecule is CC(=O)OCC1=C(C(=O)OCC#CO)N2C(=O)[C@@H](NC(=O)OC(C)(C)C)[C@H]2SC1. The highest BCUT2D eigenvalue weighted by atomic mass is 32.2. The molecule has 0 aliphatic carbocycles. The molecule has 11 heteroatoms. The van der Waals surface area contributed by atoms with E-state index in [0.717, 1.165) is 0 Å². The molecule has 1 fully saturated rings. The molecule has 29 heavy (non-hydrogen) atoms. The Balaban J connectivity index is 2.18. The third kappa shape index (κ3) is 5.57. The number of alkyl carbamates (subject to hydrolysis) is 1. The highest BCUT2D eigenvalue weighted by molar-refractivity contribution is 8.00. The molecule has 0 saturated carbocycles. The first kappa shape index (κ1) is 22.4. The monoisotopic (exact) mass is 426 g/mol. The molecular weight excluding hydrogens is 404 g/mol. The number of hydrogen-bond acceptors (Lipinski definition) is 9. The maximum absolute atomic E-state index is 12.7. The minimum absolute atomic E-state index is 0.0537. The number of carbonyl (C=O) groups excluding carboxylic acids is 4. The molecule has 2 aliphatic rings. The summed E-state index contributed by atoms with van der Waals surface area (Å²) in [6.45, 7) is 5.76. The summed E-state index contributed by atoms with van der Waals surface area (Å²) >= 11 is 1.30. The Morgan fingerprint density at radius 3 is 2.59 bits per heavy atom. The quantitative estimate of drug-likeness (QED) is 0.279. The smallest absolute Gasteiger partial charge is 0.408 e. The number of amides is 2. The number of nitrogens with zero attached hydrogens (tertiary/aromatic N) is 1. The fourth-order valence-electron chi connectivity index (χ4n) is 2.61. The van der Waals surface area contributed by atoms with E-state index in [0.29, 0.717) is 5.57 Å². The van der Waals surface area contributed by atoms with Crippen LogP contribution in [0.1, 0.15) is 27.7 Å². The molecule has 2 atom stereocenters. The number of β-lactam (4-membered cyclic amide) rings is 1. The van der Waals surface area contributed by atoms with Crippen LogP contribution >= 0.6 is 11.8 Å². The van der Waals surface area contributed by atoms with Gasteiger partial charge in [-0.1, -0.05) is 0 Å². The second kappa shape index (κ2) is 9.09. The number of ether oxygens (including phenoxy) is 3. The van der Waals surface area contributed by atoms with Gasteiger partial charge < -0.3 is 24.6 Å². The highest BCUT2D eigenvalue weighted by Gasteiger charge is 2.54. The molecule has 0 unspecified atom stereocenters. The van der Waals surface area contributed by atoms with Crippen LogP contribution in [0.3, 0.4) is 0 Å². The van der Waals surface area contributed by atoms with Crippen LogP contribution in [0, 0.1) is 12.0 Å². The Bertz CT molecular complexity index is 805. The molecule has 1 saturated heterocycles. The van der Waals surface area contributed by atoms with E-state index in [4.69, 9.17) is 19.3 Å². The minimum atomic E-state index is -0.870. The average Bonchev–Trinajstić information content (AvgIpc) is 2.62. The number of thioether (sulfide) groups is 1. The first-order valence-electron chi connectivity index (χ1n) is 8.64. The van der Waals surface area contributed by atoms with Gasteiger partial charge in [0.25, 0.3) is 5.91 Å². The third-order valence-electron chi connectivity index (χ3n) is 3.72. The van der Waals surface area contributed by atoms with Gasteiger partial charge in [0.1, 0.15) is 35.4 Å². The Hall–Kier alpha value is -2.87. The molecule has 10 nitrogen and oxygen atoms in total. The van der Waals surface area contributed by atoms with E-state index in [9.17, 15) is 19.2 Å². The maximum Gasteiger partial charge on any atom is 0.408 e. The van der Waals surface area contributed by atoms with E-state index in [-0.39, 0.29) is 24.7 Å². The van der Waals surface area contributed by atoms with Crippen LogP contribution in [0.25, 0.3) is 0 Å². The van der Waals surface area contributed by atoms with Crippen molar-refractivity contribution in [3.8, 4) is 12.0 Å². The predicted octanol–water partition coefficient (Wildman–Crippen LogP) is 0.489. The van der Waals surface area contributed by atoms with Gasteiger partial charge in [0.05, 0.1) is 0 Å². The van der Waals surface area contributed by atoms with Crippen molar-refractivity contribution in [1.29, 1.82) is 0 Å². The summed E-state index contributed by atoms with van der Waals surface area (Å²) in [5, 5.41) is 10.5. The Morgan fingerprint density at radius 1 is 1.31 bits per heavy atom. The Kier molecular flexibility index (Phi) is 7.02. The molecule has 0 radical (unpaired) electrons. The zero-order chi connectivity index (χ0) is 21.8. The van der Waals surface area contributed by atoms with E-state index in [2.05, 4.69) is 11.2 Å². The lowest BCUT2D eigenvalue weighted by atomic mass is 10.0. The zero-order valence-electron chi connectivity index (χ0n) is 16.4. The number of aliphatic hydroxyl groups is 1. The van der Waals surface area contributed by atoms with Crippen molar-refractivity contribution in [1.82, 2.24) is 10.2 Å². The van der Waals surface area contributed by atoms with Crippen LogP contribution in [-0.4, -0.2) is 69.9 Å². The molecule has 2 N–H and O–H groups in total. The molecule has 158 valence electrons. The van der Waals surface area contributed by atoms with E-state index in [1.165, 1.54) is 23.6 Å². The number of aliphatic hydroxyl groups excluding tert-OH is 1. The van der Waals surface area contributed by atoms with Gasteiger partial charge in [-0.2, -0.15) is 0 Å². The minimum Gasteiger partial charge on any atom is -0.462 e. The second-order valence-electron chi connectivity index (χ2n) is 7.13. The van der Waals surface area contributed by atoms with Gasteiger partial charge in [0.2, 0.25) is 0 Å². The van der Waals surface area contributed by atoms with Crippen molar-refractivity contribution in [3.63, 3.8) is 0 Å². The van der Waals surface area contributed by atoms with Gasteiger partial charge in [-0.25, -0.2) is 9.59 Å². The average molecular weight is 426 g/mol. The van der Waals surface area contributed by atoms with Gasteiger partial charge in [0, 0.05) is 18.2 Å². The summed E-state index contributed by atoms with van der Waals surface area (Å²) in [6.07, 6.45) is 0.866. The normalized spacial score (nSPS) is 20.6. The van der Waals surface area contributed by atoms with Gasteiger partial charge in [0.15, 0.2) is 6.61 Å². The van der Waals surface area contributed by atoms with Crippen LogP contribution in [-0.2, 0) is 28.6 Å². The standard InChI is InChI=1S/C18H22N2O8S/c1-10(22)27-8-11-9-29-15-12(19-17(25)28-18(2,3)4)14(23)20(15)13(11)16(24)26-7-5-6-21/h12,15,21H,7-9H2,1-4H3,(H,19,25)/t12-,15-/m1/s1.